The molecule has 0 aliphatic rings. The molecule has 0 fully saturated rings. The number of hydrogen-bond acceptors (Lipinski definition) is 3. The van der Waals surface area contributed by atoms with Crippen molar-refractivity contribution < 1.29 is 9.53 Å². The second-order valence-electron chi connectivity index (χ2n) is 3.71. The smallest absolute Gasteiger partial charge is 0.251 e. The van der Waals surface area contributed by atoms with Crippen LogP contribution in [0.1, 0.15) is 23.7 Å². The number of methoxy groups -OCH3 is 1. The first-order valence-electron chi connectivity index (χ1n) is 5.22. The maximum Gasteiger partial charge on any atom is 0.251 e. The van der Waals surface area contributed by atoms with Gasteiger partial charge in [-0.1, -0.05) is 6.07 Å². The summed E-state index contributed by atoms with van der Waals surface area (Å²) in [4.78, 5) is 12.6. The van der Waals surface area contributed by atoms with E-state index >= 15 is 0 Å². The Labute approximate surface area is 102 Å². The normalized spacial score (nSPS) is 12.2. The Morgan fingerprint density at radius 2 is 2.31 bits per heavy atom. The zero-order valence-electron chi connectivity index (χ0n) is 9.56. The first kappa shape index (κ1) is 13.1. The van der Waals surface area contributed by atoms with Gasteiger partial charge in [0.25, 0.3) is 5.91 Å². The Hall–Kier alpha value is -1.00. The molecule has 1 N–H and O–H groups in total. The number of hydrogen-bond donors (Lipinski definition) is 2. The highest BCUT2D eigenvalue weighted by Crippen LogP contribution is 2.09. The van der Waals surface area contributed by atoms with Crippen molar-refractivity contribution in [3.05, 3.63) is 29.8 Å². The van der Waals surface area contributed by atoms with Gasteiger partial charge in [-0.2, -0.15) is 0 Å². The van der Waals surface area contributed by atoms with Crippen molar-refractivity contribution in [1.82, 2.24) is 5.32 Å². The molecule has 1 aromatic carbocycles. The van der Waals surface area contributed by atoms with E-state index in [-0.39, 0.29) is 11.9 Å². The SMILES string of the molecule is COCCC(C)NC(=O)c1cccc(S)c1. The van der Waals surface area contributed by atoms with Gasteiger partial charge in [0.2, 0.25) is 0 Å². The lowest BCUT2D eigenvalue weighted by Gasteiger charge is -2.13. The van der Waals surface area contributed by atoms with E-state index in [1.165, 1.54) is 0 Å². The zero-order valence-corrected chi connectivity index (χ0v) is 10.5. The van der Waals surface area contributed by atoms with Gasteiger partial charge in [-0.3, -0.25) is 4.79 Å². The van der Waals surface area contributed by atoms with Crippen molar-refractivity contribution in [2.45, 2.75) is 24.3 Å². The maximum absolute atomic E-state index is 11.8. The zero-order chi connectivity index (χ0) is 12.0. The second kappa shape index (κ2) is 6.55. The molecule has 1 amide bonds. The van der Waals surface area contributed by atoms with Crippen molar-refractivity contribution in [3.8, 4) is 0 Å². The summed E-state index contributed by atoms with van der Waals surface area (Å²) in [7, 11) is 1.65. The molecule has 0 aliphatic carbocycles. The summed E-state index contributed by atoms with van der Waals surface area (Å²) in [6.07, 6.45) is 0.808. The highest BCUT2D eigenvalue weighted by molar-refractivity contribution is 7.80. The van der Waals surface area contributed by atoms with Gasteiger partial charge in [0.05, 0.1) is 0 Å². The fourth-order valence-electron chi connectivity index (χ4n) is 1.32. The largest absolute Gasteiger partial charge is 0.385 e. The molecule has 0 spiro atoms. The lowest BCUT2D eigenvalue weighted by Crippen LogP contribution is -2.33. The quantitative estimate of drug-likeness (QED) is 0.773. The van der Waals surface area contributed by atoms with E-state index in [4.69, 9.17) is 4.74 Å². The molecule has 0 saturated carbocycles. The molecule has 0 aromatic heterocycles. The Balaban J connectivity index is 2.52. The fourth-order valence-corrected chi connectivity index (χ4v) is 1.55. The van der Waals surface area contributed by atoms with Gasteiger partial charge in [-0.15, -0.1) is 12.6 Å². The van der Waals surface area contributed by atoms with Crippen molar-refractivity contribution in [3.63, 3.8) is 0 Å². The van der Waals surface area contributed by atoms with Crippen molar-refractivity contribution in [2.75, 3.05) is 13.7 Å². The van der Waals surface area contributed by atoms with Crippen LogP contribution in [0, 0.1) is 0 Å². The molecule has 4 heteroatoms. The average Bonchev–Trinajstić information content (AvgIpc) is 2.26. The average molecular weight is 239 g/mol. The van der Waals surface area contributed by atoms with Crippen molar-refractivity contribution in [1.29, 1.82) is 0 Å². The van der Waals surface area contributed by atoms with Gasteiger partial charge in [0.15, 0.2) is 0 Å². The van der Waals surface area contributed by atoms with Gasteiger partial charge < -0.3 is 10.1 Å². The van der Waals surface area contributed by atoms with Gasteiger partial charge in [0.1, 0.15) is 0 Å². The molecule has 0 saturated heterocycles. The Morgan fingerprint density at radius 3 is 2.94 bits per heavy atom. The van der Waals surface area contributed by atoms with Crippen LogP contribution in [0.2, 0.25) is 0 Å². The molecule has 0 bridgehead atoms. The van der Waals surface area contributed by atoms with Crippen LogP contribution in [-0.2, 0) is 4.74 Å². The number of amides is 1. The third-order valence-corrected chi connectivity index (χ3v) is 2.52. The van der Waals surface area contributed by atoms with Gasteiger partial charge >= 0.3 is 0 Å². The maximum atomic E-state index is 11.8. The number of rotatable bonds is 5. The van der Waals surface area contributed by atoms with Crippen LogP contribution >= 0.6 is 12.6 Å². The molecular formula is C12H17NO2S. The minimum atomic E-state index is -0.0699. The molecule has 0 heterocycles. The van der Waals surface area contributed by atoms with Gasteiger partial charge in [-0.25, -0.2) is 0 Å². The second-order valence-corrected chi connectivity index (χ2v) is 4.22. The molecule has 0 radical (unpaired) electrons. The Bertz CT molecular complexity index is 355. The summed E-state index contributed by atoms with van der Waals surface area (Å²) in [5.41, 5.74) is 0.636. The topological polar surface area (TPSA) is 38.3 Å². The Morgan fingerprint density at radius 1 is 1.56 bits per heavy atom. The molecular weight excluding hydrogens is 222 g/mol. The molecule has 1 rings (SSSR count). The highest BCUT2D eigenvalue weighted by atomic mass is 32.1. The first-order valence-corrected chi connectivity index (χ1v) is 5.67. The van der Waals surface area contributed by atoms with Crippen LogP contribution in [0.25, 0.3) is 0 Å². The van der Waals surface area contributed by atoms with Crippen LogP contribution in [-0.4, -0.2) is 25.7 Å². The minimum Gasteiger partial charge on any atom is -0.385 e. The monoisotopic (exact) mass is 239 g/mol. The van der Waals surface area contributed by atoms with Crippen LogP contribution in [0.15, 0.2) is 29.2 Å². The van der Waals surface area contributed by atoms with Crippen LogP contribution in [0.4, 0.5) is 0 Å². The number of ether oxygens (including phenoxy) is 1. The molecule has 1 aromatic rings. The lowest BCUT2D eigenvalue weighted by atomic mass is 10.2. The molecule has 16 heavy (non-hydrogen) atoms. The van der Waals surface area contributed by atoms with Crippen LogP contribution in [0.5, 0.6) is 0 Å². The van der Waals surface area contributed by atoms with E-state index in [9.17, 15) is 4.79 Å². The van der Waals surface area contributed by atoms with Crippen molar-refractivity contribution in [2.24, 2.45) is 0 Å². The van der Waals surface area contributed by atoms with E-state index in [1.54, 1.807) is 19.2 Å². The fraction of sp³-hybridized carbons (Fsp3) is 0.417. The Kier molecular flexibility index (Phi) is 5.35. The number of carbonyl (C=O) groups is 1. The van der Waals surface area contributed by atoms with E-state index in [0.29, 0.717) is 12.2 Å². The first-order chi connectivity index (χ1) is 7.63. The number of thiol groups is 1. The number of carbonyl (C=O) groups excluding carboxylic acids is 1. The summed E-state index contributed by atoms with van der Waals surface area (Å²) in [5.74, 6) is -0.0699. The summed E-state index contributed by atoms with van der Waals surface area (Å²) in [6.45, 7) is 2.61. The third-order valence-electron chi connectivity index (χ3n) is 2.24. The molecule has 1 unspecified atom stereocenters. The number of nitrogens with one attached hydrogen (secondary N) is 1. The van der Waals surface area contributed by atoms with Crippen LogP contribution in [0.3, 0.4) is 0 Å². The van der Waals surface area contributed by atoms with Crippen LogP contribution < -0.4 is 5.32 Å². The molecule has 0 aliphatic heterocycles. The molecule has 3 nitrogen and oxygen atoms in total. The molecule has 1 atom stereocenters. The number of benzene rings is 1. The van der Waals surface area contributed by atoms with Gasteiger partial charge in [0, 0.05) is 30.2 Å². The summed E-state index contributed by atoms with van der Waals surface area (Å²) in [6, 6.07) is 7.29. The predicted molar refractivity (Wildman–Crippen MR) is 67.1 cm³/mol. The van der Waals surface area contributed by atoms with E-state index in [0.717, 1.165) is 11.3 Å². The van der Waals surface area contributed by atoms with E-state index in [2.05, 4.69) is 17.9 Å². The summed E-state index contributed by atoms with van der Waals surface area (Å²) < 4.78 is 4.96. The predicted octanol–water partition coefficient (Wildman–Crippen LogP) is 2.13. The third kappa shape index (κ3) is 4.24. The van der Waals surface area contributed by atoms with Gasteiger partial charge in [-0.05, 0) is 31.5 Å². The summed E-state index contributed by atoms with van der Waals surface area (Å²) >= 11 is 4.20. The van der Waals surface area contributed by atoms with E-state index in [1.807, 2.05) is 19.1 Å². The summed E-state index contributed by atoms with van der Waals surface area (Å²) in [5, 5.41) is 2.91. The lowest BCUT2D eigenvalue weighted by molar-refractivity contribution is 0.0929. The molecule has 88 valence electrons. The standard InChI is InChI=1S/C12H17NO2S/c1-9(6-7-15-2)13-12(14)10-4-3-5-11(16)8-10/h3-5,8-9,16H,6-7H2,1-2H3,(H,13,14). The van der Waals surface area contributed by atoms with Crippen molar-refractivity contribution >= 4 is 18.5 Å². The van der Waals surface area contributed by atoms with E-state index < -0.39 is 0 Å². The highest BCUT2D eigenvalue weighted by Gasteiger charge is 2.09. The minimum absolute atomic E-state index is 0.0699.